The zero-order valence-corrected chi connectivity index (χ0v) is 19.7. The summed E-state index contributed by atoms with van der Waals surface area (Å²) in [5.74, 6) is 1.92. The Morgan fingerprint density at radius 3 is 2.58 bits per heavy atom. The third-order valence-corrected chi connectivity index (χ3v) is 6.59. The maximum Gasteiger partial charge on any atom is 0.167 e. The van der Waals surface area contributed by atoms with Crippen LogP contribution in [-0.2, 0) is 0 Å². The molecule has 4 heterocycles. The molecule has 1 aliphatic heterocycles. The summed E-state index contributed by atoms with van der Waals surface area (Å²) in [7, 11) is 2.02. The minimum Gasteiger partial charge on any atom is -0.352 e. The van der Waals surface area contributed by atoms with Gasteiger partial charge >= 0.3 is 0 Å². The number of nitrogens with one attached hydrogen (secondary N) is 1. The van der Waals surface area contributed by atoms with E-state index in [1.165, 1.54) is 22.8 Å². The maximum absolute atomic E-state index is 5.15. The van der Waals surface area contributed by atoms with Gasteiger partial charge in [-0.05, 0) is 85.3 Å². The first-order valence-corrected chi connectivity index (χ1v) is 11.8. The smallest absolute Gasteiger partial charge is 0.167 e. The molecule has 1 aliphatic rings. The lowest BCUT2D eigenvalue weighted by molar-refractivity contribution is 0.444. The van der Waals surface area contributed by atoms with Crippen molar-refractivity contribution in [2.45, 2.75) is 25.3 Å². The fourth-order valence-electron chi connectivity index (χ4n) is 4.39. The Morgan fingerprint density at radius 1 is 1.00 bits per heavy atom. The fraction of sp³-hybridized carbons (Fsp3) is 0.292. The van der Waals surface area contributed by atoms with Gasteiger partial charge in [0.1, 0.15) is 17.2 Å². The van der Waals surface area contributed by atoms with Crippen LogP contribution in [0, 0.1) is 3.57 Å². The lowest BCUT2D eigenvalue weighted by Crippen LogP contribution is -2.45. The Balaban J connectivity index is 1.67. The van der Waals surface area contributed by atoms with Gasteiger partial charge in [-0.15, -0.1) is 0 Å². The van der Waals surface area contributed by atoms with Crippen LogP contribution < -0.4 is 10.2 Å². The molecule has 1 atom stereocenters. The number of piperidine rings is 1. The highest BCUT2D eigenvalue weighted by Crippen LogP contribution is 2.31. The Bertz CT molecular complexity index is 1170. The lowest BCUT2D eigenvalue weighted by Gasteiger charge is -2.36. The van der Waals surface area contributed by atoms with E-state index in [4.69, 9.17) is 9.97 Å². The maximum atomic E-state index is 5.15. The number of likely N-dealkylation sites (N-methyl/N-ethyl adjacent to an activating group) is 1. The second-order valence-electron chi connectivity index (χ2n) is 7.90. The quantitative estimate of drug-likeness (QED) is 0.385. The fourth-order valence-corrected chi connectivity index (χ4v) is 4.75. The predicted octanol–water partition coefficient (Wildman–Crippen LogP) is 4.67. The molecule has 0 aliphatic carbocycles. The zero-order valence-electron chi connectivity index (χ0n) is 17.5. The first-order valence-electron chi connectivity index (χ1n) is 10.7. The van der Waals surface area contributed by atoms with Gasteiger partial charge in [-0.3, -0.25) is 9.55 Å². The van der Waals surface area contributed by atoms with Gasteiger partial charge in [0, 0.05) is 40.7 Å². The van der Waals surface area contributed by atoms with Gasteiger partial charge in [0.15, 0.2) is 5.65 Å². The van der Waals surface area contributed by atoms with Crippen molar-refractivity contribution in [2.24, 2.45) is 0 Å². The molecule has 1 N–H and O–H groups in total. The summed E-state index contributed by atoms with van der Waals surface area (Å²) < 4.78 is 3.36. The molecule has 1 fully saturated rings. The van der Waals surface area contributed by atoms with Gasteiger partial charge in [0.05, 0.1) is 5.69 Å². The van der Waals surface area contributed by atoms with E-state index in [2.05, 4.69) is 78.8 Å². The van der Waals surface area contributed by atoms with E-state index in [-0.39, 0.29) is 0 Å². The number of pyridine rings is 2. The van der Waals surface area contributed by atoms with Gasteiger partial charge in [-0.2, -0.15) is 0 Å². The van der Waals surface area contributed by atoms with Crippen LogP contribution in [0.5, 0.6) is 0 Å². The number of aromatic nitrogens is 4. The second-order valence-corrected chi connectivity index (χ2v) is 9.14. The summed E-state index contributed by atoms with van der Waals surface area (Å²) in [5.41, 5.74) is 3.87. The van der Waals surface area contributed by atoms with E-state index in [1.807, 2.05) is 31.6 Å². The molecule has 0 unspecified atom stereocenters. The van der Waals surface area contributed by atoms with E-state index in [9.17, 15) is 0 Å². The van der Waals surface area contributed by atoms with Gasteiger partial charge in [0.25, 0.3) is 0 Å². The Labute approximate surface area is 195 Å². The Hall–Kier alpha value is -2.52. The van der Waals surface area contributed by atoms with Crippen molar-refractivity contribution in [1.82, 2.24) is 24.8 Å². The van der Waals surface area contributed by atoms with Gasteiger partial charge in [-0.1, -0.05) is 12.1 Å². The molecule has 1 saturated heterocycles. The molecule has 3 aromatic heterocycles. The van der Waals surface area contributed by atoms with Crippen molar-refractivity contribution in [2.75, 3.05) is 25.0 Å². The number of nitrogens with zero attached hydrogens (tertiary/aromatic N) is 5. The van der Waals surface area contributed by atoms with Crippen molar-refractivity contribution >= 4 is 39.6 Å². The average molecular weight is 524 g/mol. The highest BCUT2D eigenvalue weighted by molar-refractivity contribution is 14.1. The van der Waals surface area contributed by atoms with Crippen LogP contribution in [0.4, 0.5) is 5.82 Å². The SMILES string of the molecule is CNC[C@@H]1CCCCN1c1ccc2nc(-c3ccc(I)cc3)n(-c3ccncc3)c2n1. The molecule has 6 nitrogen and oxygen atoms in total. The minimum atomic E-state index is 0.469. The normalized spacial score (nSPS) is 16.7. The summed E-state index contributed by atoms with van der Waals surface area (Å²) >= 11 is 2.33. The molecule has 5 rings (SSSR count). The van der Waals surface area contributed by atoms with E-state index in [1.54, 1.807) is 0 Å². The monoisotopic (exact) mass is 524 g/mol. The number of benzene rings is 1. The van der Waals surface area contributed by atoms with E-state index < -0.39 is 0 Å². The van der Waals surface area contributed by atoms with E-state index >= 15 is 0 Å². The lowest BCUT2D eigenvalue weighted by atomic mass is 10.0. The summed E-state index contributed by atoms with van der Waals surface area (Å²) in [6.07, 6.45) is 7.30. The zero-order chi connectivity index (χ0) is 21.2. The molecule has 1 aromatic carbocycles. The van der Waals surface area contributed by atoms with Crippen LogP contribution in [0.3, 0.4) is 0 Å². The van der Waals surface area contributed by atoms with Gasteiger partial charge in [0.2, 0.25) is 0 Å². The van der Waals surface area contributed by atoms with Gasteiger partial charge in [-0.25, -0.2) is 9.97 Å². The summed E-state index contributed by atoms with van der Waals surface area (Å²) in [5, 5.41) is 3.35. The van der Waals surface area contributed by atoms with Crippen LogP contribution in [0.1, 0.15) is 19.3 Å². The van der Waals surface area contributed by atoms with Crippen LogP contribution in [-0.4, -0.2) is 45.7 Å². The number of imidazole rings is 1. The first kappa shape index (κ1) is 20.4. The third kappa shape index (κ3) is 4.04. The van der Waals surface area contributed by atoms with Crippen molar-refractivity contribution in [3.05, 3.63) is 64.5 Å². The summed E-state index contributed by atoms with van der Waals surface area (Å²) in [4.78, 5) is 16.8. The van der Waals surface area contributed by atoms with Crippen LogP contribution in [0.25, 0.3) is 28.2 Å². The van der Waals surface area contributed by atoms with E-state index in [0.717, 1.165) is 47.1 Å². The standard InChI is InChI=1S/C24H25IN6/c1-26-16-20-4-2-3-15-30(20)22-10-9-21-24(29-22)31(19-11-13-27-14-12-19)23(28-21)17-5-7-18(25)8-6-17/h5-14,20,26H,2-4,15-16H2,1H3/t20-/m0/s1. The van der Waals surface area contributed by atoms with Crippen molar-refractivity contribution in [3.8, 4) is 17.1 Å². The van der Waals surface area contributed by atoms with E-state index in [0.29, 0.717) is 6.04 Å². The van der Waals surface area contributed by atoms with Crippen LogP contribution in [0.2, 0.25) is 0 Å². The number of hydrogen-bond acceptors (Lipinski definition) is 5. The molecule has 0 radical (unpaired) electrons. The predicted molar refractivity (Wildman–Crippen MR) is 134 cm³/mol. The molecule has 0 spiro atoms. The second kappa shape index (κ2) is 8.92. The number of anilines is 1. The van der Waals surface area contributed by atoms with Crippen molar-refractivity contribution < 1.29 is 0 Å². The molecule has 0 amide bonds. The number of fused-ring (bicyclic) bond motifs is 1. The van der Waals surface area contributed by atoms with Crippen LogP contribution in [0.15, 0.2) is 60.9 Å². The molecule has 7 heteroatoms. The number of hydrogen-bond donors (Lipinski definition) is 1. The summed E-state index contributed by atoms with van der Waals surface area (Å²) in [6.45, 7) is 2.01. The van der Waals surface area contributed by atoms with Crippen molar-refractivity contribution in [1.29, 1.82) is 0 Å². The highest BCUT2D eigenvalue weighted by Gasteiger charge is 2.24. The summed E-state index contributed by atoms with van der Waals surface area (Å²) in [6, 6.07) is 17.2. The number of rotatable bonds is 5. The van der Waals surface area contributed by atoms with Crippen molar-refractivity contribution in [3.63, 3.8) is 0 Å². The van der Waals surface area contributed by atoms with Crippen LogP contribution >= 0.6 is 22.6 Å². The molecular weight excluding hydrogens is 499 g/mol. The molecule has 0 saturated carbocycles. The molecule has 31 heavy (non-hydrogen) atoms. The molecule has 0 bridgehead atoms. The Kier molecular flexibility index (Phi) is 5.87. The highest BCUT2D eigenvalue weighted by atomic mass is 127. The topological polar surface area (TPSA) is 58.9 Å². The Morgan fingerprint density at radius 2 is 1.81 bits per heavy atom. The first-order chi connectivity index (χ1) is 15.2. The van der Waals surface area contributed by atoms with Gasteiger partial charge < -0.3 is 10.2 Å². The third-order valence-electron chi connectivity index (χ3n) is 5.87. The minimum absolute atomic E-state index is 0.469. The molecular formula is C24H25IN6. The molecule has 158 valence electrons. The number of halogens is 1. The average Bonchev–Trinajstić information content (AvgIpc) is 3.19. The largest absolute Gasteiger partial charge is 0.352 e. The molecule has 4 aromatic rings.